The van der Waals surface area contributed by atoms with Gasteiger partial charge in [-0.05, 0) is 42.0 Å². The Bertz CT molecular complexity index is 882. The molecule has 134 valence electrons. The maximum Gasteiger partial charge on any atom is 0.331 e. The van der Waals surface area contributed by atoms with Crippen molar-refractivity contribution >= 4 is 46.8 Å². The molecule has 1 N–H and O–H groups in total. The van der Waals surface area contributed by atoms with Crippen LogP contribution in [0.1, 0.15) is 5.56 Å². The van der Waals surface area contributed by atoms with Crippen LogP contribution in [0.2, 0.25) is 10.0 Å². The number of anilines is 1. The van der Waals surface area contributed by atoms with Crippen LogP contribution in [0, 0.1) is 0 Å². The summed E-state index contributed by atoms with van der Waals surface area (Å²) >= 11 is 11.8. The lowest BCUT2D eigenvalue weighted by Gasteiger charge is -2.07. The molecule has 0 saturated heterocycles. The normalized spacial score (nSPS) is 12.2. The van der Waals surface area contributed by atoms with Gasteiger partial charge in [0.25, 0.3) is 5.91 Å². The van der Waals surface area contributed by atoms with Crippen LogP contribution < -0.4 is 14.8 Å². The van der Waals surface area contributed by atoms with Crippen molar-refractivity contribution in [3.05, 3.63) is 58.1 Å². The lowest BCUT2D eigenvalue weighted by Crippen LogP contribution is -2.20. The number of hydrogen-bond acceptors (Lipinski definition) is 5. The molecule has 0 bridgehead atoms. The Balaban J connectivity index is 1.50. The van der Waals surface area contributed by atoms with Crippen LogP contribution >= 0.6 is 23.2 Å². The smallest absolute Gasteiger partial charge is 0.331 e. The van der Waals surface area contributed by atoms with Gasteiger partial charge in [-0.15, -0.1) is 0 Å². The maximum atomic E-state index is 11.8. The highest BCUT2D eigenvalue weighted by Gasteiger charge is 2.12. The first kappa shape index (κ1) is 18.1. The molecule has 0 spiro atoms. The van der Waals surface area contributed by atoms with E-state index in [0.717, 1.165) is 5.56 Å². The van der Waals surface area contributed by atoms with E-state index in [1.807, 2.05) is 0 Å². The highest BCUT2D eigenvalue weighted by molar-refractivity contribution is 6.35. The van der Waals surface area contributed by atoms with Gasteiger partial charge in [0.05, 0.1) is 10.7 Å². The Kier molecular flexibility index (Phi) is 5.65. The molecular formula is C18H13Cl2NO5. The van der Waals surface area contributed by atoms with Crippen molar-refractivity contribution in [3.63, 3.8) is 0 Å². The fourth-order valence-electron chi connectivity index (χ4n) is 2.15. The molecule has 6 nitrogen and oxygen atoms in total. The van der Waals surface area contributed by atoms with Gasteiger partial charge in [0.15, 0.2) is 18.1 Å². The Labute approximate surface area is 159 Å². The van der Waals surface area contributed by atoms with Crippen molar-refractivity contribution in [1.82, 2.24) is 0 Å². The van der Waals surface area contributed by atoms with Gasteiger partial charge < -0.3 is 19.5 Å². The molecule has 26 heavy (non-hydrogen) atoms. The summed E-state index contributed by atoms with van der Waals surface area (Å²) in [6, 6.07) is 9.91. The molecule has 1 aliphatic rings. The molecule has 0 atom stereocenters. The second kappa shape index (κ2) is 8.12. The van der Waals surface area contributed by atoms with Gasteiger partial charge in [-0.1, -0.05) is 29.3 Å². The first-order valence-electron chi connectivity index (χ1n) is 7.50. The average molecular weight is 394 g/mol. The zero-order valence-electron chi connectivity index (χ0n) is 13.3. The van der Waals surface area contributed by atoms with Gasteiger partial charge in [0.1, 0.15) is 0 Å². The third kappa shape index (κ3) is 4.68. The van der Waals surface area contributed by atoms with Gasteiger partial charge in [0.2, 0.25) is 6.79 Å². The molecule has 1 heterocycles. The zero-order chi connectivity index (χ0) is 18.5. The number of carbonyl (C=O) groups is 2. The highest BCUT2D eigenvalue weighted by Crippen LogP contribution is 2.32. The van der Waals surface area contributed by atoms with Gasteiger partial charge >= 0.3 is 5.97 Å². The van der Waals surface area contributed by atoms with Gasteiger partial charge in [-0.25, -0.2) is 4.79 Å². The molecule has 0 aliphatic carbocycles. The molecule has 0 radical (unpaired) electrons. The second-order valence-electron chi connectivity index (χ2n) is 5.23. The Morgan fingerprint density at radius 3 is 2.77 bits per heavy atom. The van der Waals surface area contributed by atoms with Crippen LogP contribution in [-0.4, -0.2) is 25.3 Å². The lowest BCUT2D eigenvalue weighted by molar-refractivity contribution is -0.142. The predicted molar refractivity (Wildman–Crippen MR) is 97.6 cm³/mol. The van der Waals surface area contributed by atoms with Gasteiger partial charge in [-0.3, -0.25) is 4.79 Å². The quantitative estimate of drug-likeness (QED) is 0.615. The van der Waals surface area contributed by atoms with Crippen molar-refractivity contribution in [2.45, 2.75) is 0 Å². The number of rotatable bonds is 5. The maximum absolute atomic E-state index is 11.8. The Morgan fingerprint density at radius 2 is 1.92 bits per heavy atom. The lowest BCUT2D eigenvalue weighted by atomic mass is 10.2. The van der Waals surface area contributed by atoms with Crippen molar-refractivity contribution < 1.29 is 23.8 Å². The van der Waals surface area contributed by atoms with E-state index in [1.54, 1.807) is 36.4 Å². The molecule has 0 saturated carbocycles. The van der Waals surface area contributed by atoms with E-state index in [9.17, 15) is 9.59 Å². The predicted octanol–water partition coefficient (Wildman–Crippen LogP) is 3.92. The van der Waals surface area contributed by atoms with Crippen molar-refractivity contribution in [2.24, 2.45) is 0 Å². The van der Waals surface area contributed by atoms with Crippen LogP contribution in [0.3, 0.4) is 0 Å². The summed E-state index contributed by atoms with van der Waals surface area (Å²) in [5.41, 5.74) is 1.08. The fourth-order valence-corrected chi connectivity index (χ4v) is 2.48. The molecule has 1 amide bonds. The molecule has 1 aliphatic heterocycles. The van der Waals surface area contributed by atoms with E-state index < -0.39 is 18.5 Å². The van der Waals surface area contributed by atoms with Gasteiger partial charge in [-0.2, -0.15) is 0 Å². The Morgan fingerprint density at radius 1 is 1.12 bits per heavy atom. The molecule has 0 unspecified atom stereocenters. The summed E-state index contributed by atoms with van der Waals surface area (Å²) in [7, 11) is 0. The minimum atomic E-state index is -0.657. The first-order valence-corrected chi connectivity index (χ1v) is 8.26. The number of fused-ring (bicyclic) bond motifs is 1. The number of esters is 1. The molecule has 3 rings (SSSR count). The van der Waals surface area contributed by atoms with Crippen LogP contribution in [0.15, 0.2) is 42.5 Å². The average Bonchev–Trinajstić information content (AvgIpc) is 3.09. The highest BCUT2D eigenvalue weighted by atomic mass is 35.5. The molecule has 0 aromatic heterocycles. The molecular weight excluding hydrogens is 381 g/mol. The number of hydrogen-bond donors (Lipinski definition) is 1. The number of halogens is 2. The van der Waals surface area contributed by atoms with E-state index in [2.05, 4.69) is 5.32 Å². The standard InChI is InChI=1S/C18H13Cl2NO5/c19-12-3-4-13(20)14(8-12)21-17(22)9-24-18(23)6-2-11-1-5-15-16(7-11)26-10-25-15/h1-8H,9-10H2,(H,21,22). The number of carbonyl (C=O) groups excluding carboxylic acids is 2. The zero-order valence-corrected chi connectivity index (χ0v) is 14.8. The van der Waals surface area contributed by atoms with Gasteiger partial charge in [0, 0.05) is 11.1 Å². The number of nitrogens with one attached hydrogen (secondary N) is 1. The minimum absolute atomic E-state index is 0.177. The van der Waals surface area contributed by atoms with Crippen LogP contribution in [0.25, 0.3) is 6.08 Å². The van der Waals surface area contributed by atoms with Crippen molar-refractivity contribution in [1.29, 1.82) is 0 Å². The van der Waals surface area contributed by atoms with E-state index in [-0.39, 0.29) is 6.79 Å². The number of amides is 1. The number of ether oxygens (including phenoxy) is 3. The summed E-state index contributed by atoms with van der Waals surface area (Å²) in [6.45, 7) is -0.274. The molecule has 8 heteroatoms. The second-order valence-corrected chi connectivity index (χ2v) is 6.07. The van der Waals surface area contributed by atoms with E-state index >= 15 is 0 Å². The summed E-state index contributed by atoms with van der Waals surface area (Å²) in [6.07, 6.45) is 2.77. The van der Waals surface area contributed by atoms with E-state index in [0.29, 0.717) is 27.2 Å². The van der Waals surface area contributed by atoms with Crippen molar-refractivity contribution in [2.75, 3.05) is 18.7 Å². The largest absolute Gasteiger partial charge is 0.454 e. The minimum Gasteiger partial charge on any atom is -0.454 e. The summed E-state index contributed by atoms with van der Waals surface area (Å²) in [5, 5.41) is 3.28. The monoisotopic (exact) mass is 393 g/mol. The SMILES string of the molecule is O=C(COC(=O)C=Cc1ccc2c(c1)OCO2)Nc1cc(Cl)ccc1Cl. The van der Waals surface area contributed by atoms with Crippen molar-refractivity contribution in [3.8, 4) is 11.5 Å². The number of benzene rings is 2. The molecule has 0 fully saturated rings. The third-order valence-electron chi connectivity index (χ3n) is 3.36. The Hall–Kier alpha value is -2.70. The van der Waals surface area contributed by atoms with Crippen LogP contribution in [0.4, 0.5) is 5.69 Å². The van der Waals surface area contributed by atoms with Crippen LogP contribution in [0.5, 0.6) is 11.5 Å². The molecule has 2 aromatic rings. The summed E-state index contributed by atoms with van der Waals surface area (Å²) in [5.74, 6) is 0.0772. The third-order valence-corrected chi connectivity index (χ3v) is 3.92. The van der Waals surface area contributed by atoms with Crippen LogP contribution in [-0.2, 0) is 14.3 Å². The van der Waals surface area contributed by atoms with E-state index in [4.69, 9.17) is 37.4 Å². The van der Waals surface area contributed by atoms with E-state index in [1.165, 1.54) is 12.1 Å². The summed E-state index contributed by atoms with van der Waals surface area (Å²) < 4.78 is 15.4. The fraction of sp³-hybridized carbons (Fsp3) is 0.111. The topological polar surface area (TPSA) is 73.9 Å². The molecule has 2 aromatic carbocycles. The first-order chi connectivity index (χ1) is 12.5. The summed E-state index contributed by atoms with van der Waals surface area (Å²) in [4.78, 5) is 23.6.